The van der Waals surface area contributed by atoms with Crippen molar-refractivity contribution in [2.75, 3.05) is 11.9 Å². The largest absolute Gasteiger partial charge is 0.478 e. The SMILES string of the molecule is Cn1ncc2c(NCCC3=CCCC3)c(C(=O)O)cnc21. The summed E-state index contributed by atoms with van der Waals surface area (Å²) in [4.78, 5) is 15.5. The summed E-state index contributed by atoms with van der Waals surface area (Å²) >= 11 is 0. The third kappa shape index (κ3) is 2.61. The van der Waals surface area contributed by atoms with Gasteiger partial charge < -0.3 is 10.4 Å². The number of aryl methyl sites for hydroxylation is 1. The van der Waals surface area contributed by atoms with Gasteiger partial charge in [0.2, 0.25) is 0 Å². The van der Waals surface area contributed by atoms with Crippen molar-refractivity contribution >= 4 is 22.7 Å². The van der Waals surface area contributed by atoms with Crippen LogP contribution in [0.1, 0.15) is 36.0 Å². The Morgan fingerprint density at radius 3 is 3.05 bits per heavy atom. The van der Waals surface area contributed by atoms with Gasteiger partial charge in [-0.25, -0.2) is 9.78 Å². The highest BCUT2D eigenvalue weighted by atomic mass is 16.4. The molecule has 110 valence electrons. The van der Waals surface area contributed by atoms with Gasteiger partial charge in [0.15, 0.2) is 5.65 Å². The zero-order chi connectivity index (χ0) is 14.8. The molecule has 0 radical (unpaired) electrons. The normalized spacial score (nSPS) is 14.4. The van der Waals surface area contributed by atoms with Gasteiger partial charge in [0.25, 0.3) is 0 Å². The minimum Gasteiger partial charge on any atom is -0.478 e. The van der Waals surface area contributed by atoms with Gasteiger partial charge >= 0.3 is 5.97 Å². The highest BCUT2D eigenvalue weighted by molar-refractivity contribution is 6.03. The maximum absolute atomic E-state index is 11.4. The number of allylic oxidation sites excluding steroid dienone is 1. The van der Waals surface area contributed by atoms with E-state index in [0.717, 1.165) is 31.2 Å². The van der Waals surface area contributed by atoms with E-state index in [-0.39, 0.29) is 5.56 Å². The van der Waals surface area contributed by atoms with E-state index in [4.69, 9.17) is 0 Å². The Morgan fingerprint density at radius 2 is 2.33 bits per heavy atom. The van der Waals surface area contributed by atoms with E-state index < -0.39 is 5.97 Å². The molecule has 21 heavy (non-hydrogen) atoms. The summed E-state index contributed by atoms with van der Waals surface area (Å²) in [6.45, 7) is 0.722. The second-order valence-corrected chi connectivity index (χ2v) is 5.29. The van der Waals surface area contributed by atoms with E-state index in [1.807, 2.05) is 0 Å². The molecule has 1 aliphatic rings. The topological polar surface area (TPSA) is 80.0 Å². The lowest BCUT2D eigenvalue weighted by atomic mass is 10.1. The Balaban J connectivity index is 1.87. The highest BCUT2D eigenvalue weighted by Gasteiger charge is 2.16. The number of anilines is 1. The van der Waals surface area contributed by atoms with Crippen molar-refractivity contribution in [1.82, 2.24) is 14.8 Å². The number of carbonyl (C=O) groups is 1. The van der Waals surface area contributed by atoms with Crippen LogP contribution >= 0.6 is 0 Å². The molecule has 0 spiro atoms. The Morgan fingerprint density at radius 1 is 1.48 bits per heavy atom. The van der Waals surface area contributed by atoms with Crippen LogP contribution < -0.4 is 5.32 Å². The number of fused-ring (bicyclic) bond motifs is 1. The van der Waals surface area contributed by atoms with Crippen molar-refractivity contribution in [3.8, 4) is 0 Å². The van der Waals surface area contributed by atoms with E-state index >= 15 is 0 Å². The first-order chi connectivity index (χ1) is 10.2. The van der Waals surface area contributed by atoms with Gasteiger partial charge in [0.1, 0.15) is 5.56 Å². The lowest BCUT2D eigenvalue weighted by molar-refractivity contribution is 0.0697. The van der Waals surface area contributed by atoms with Gasteiger partial charge in [0, 0.05) is 19.8 Å². The lowest BCUT2D eigenvalue weighted by Crippen LogP contribution is -2.09. The van der Waals surface area contributed by atoms with Crippen molar-refractivity contribution in [3.05, 3.63) is 29.6 Å². The predicted molar refractivity (Wildman–Crippen MR) is 80.5 cm³/mol. The smallest absolute Gasteiger partial charge is 0.339 e. The average Bonchev–Trinajstić information content (AvgIpc) is 3.09. The highest BCUT2D eigenvalue weighted by Crippen LogP contribution is 2.26. The van der Waals surface area contributed by atoms with Crippen molar-refractivity contribution < 1.29 is 9.90 Å². The molecule has 0 atom stereocenters. The summed E-state index contributed by atoms with van der Waals surface area (Å²) in [6, 6.07) is 0. The first kappa shape index (κ1) is 13.6. The summed E-state index contributed by atoms with van der Waals surface area (Å²) in [5, 5.41) is 17.5. The fourth-order valence-electron chi connectivity index (χ4n) is 2.76. The fourth-order valence-corrected chi connectivity index (χ4v) is 2.76. The fraction of sp³-hybridized carbons (Fsp3) is 0.400. The third-order valence-corrected chi connectivity index (χ3v) is 3.88. The van der Waals surface area contributed by atoms with Gasteiger partial charge in [-0.05, 0) is 25.7 Å². The molecule has 0 bridgehead atoms. The molecule has 0 saturated carbocycles. The van der Waals surface area contributed by atoms with E-state index in [0.29, 0.717) is 11.3 Å². The summed E-state index contributed by atoms with van der Waals surface area (Å²) in [6.07, 6.45) is 9.84. The number of aromatic carboxylic acids is 1. The van der Waals surface area contributed by atoms with Crippen molar-refractivity contribution in [3.63, 3.8) is 0 Å². The third-order valence-electron chi connectivity index (χ3n) is 3.88. The first-order valence-electron chi connectivity index (χ1n) is 7.12. The molecule has 6 nitrogen and oxygen atoms in total. The van der Waals surface area contributed by atoms with Crippen molar-refractivity contribution in [1.29, 1.82) is 0 Å². The molecular formula is C15H18N4O2. The van der Waals surface area contributed by atoms with E-state index in [1.165, 1.54) is 18.2 Å². The molecule has 0 saturated heterocycles. The number of nitrogens with one attached hydrogen (secondary N) is 1. The number of aromatic nitrogens is 3. The monoisotopic (exact) mass is 286 g/mol. The van der Waals surface area contributed by atoms with Crippen LogP contribution in [0.4, 0.5) is 5.69 Å². The number of hydrogen-bond acceptors (Lipinski definition) is 4. The van der Waals surface area contributed by atoms with Crippen LogP contribution in [0.15, 0.2) is 24.0 Å². The van der Waals surface area contributed by atoms with E-state index in [9.17, 15) is 9.90 Å². The minimum atomic E-state index is -0.976. The lowest BCUT2D eigenvalue weighted by Gasteiger charge is -2.11. The second-order valence-electron chi connectivity index (χ2n) is 5.29. The van der Waals surface area contributed by atoms with Crippen LogP contribution in [0, 0.1) is 0 Å². The minimum absolute atomic E-state index is 0.191. The predicted octanol–water partition coefficient (Wildman–Crippen LogP) is 2.58. The Hall–Kier alpha value is -2.37. The first-order valence-corrected chi connectivity index (χ1v) is 7.12. The molecule has 2 N–H and O–H groups in total. The van der Waals surface area contributed by atoms with Gasteiger partial charge in [-0.2, -0.15) is 5.10 Å². The van der Waals surface area contributed by atoms with Crippen LogP contribution in [0.2, 0.25) is 0 Å². The number of hydrogen-bond donors (Lipinski definition) is 2. The Labute approximate surface area is 122 Å². The van der Waals surface area contributed by atoms with E-state index in [2.05, 4.69) is 21.5 Å². The zero-order valence-electron chi connectivity index (χ0n) is 12.0. The maximum Gasteiger partial charge on any atom is 0.339 e. The van der Waals surface area contributed by atoms with Crippen LogP contribution in [-0.2, 0) is 7.05 Å². The number of pyridine rings is 1. The molecule has 0 unspecified atom stereocenters. The average molecular weight is 286 g/mol. The number of rotatable bonds is 5. The summed E-state index contributed by atoms with van der Waals surface area (Å²) < 4.78 is 1.64. The number of nitrogens with zero attached hydrogens (tertiary/aromatic N) is 3. The van der Waals surface area contributed by atoms with Gasteiger partial charge in [-0.15, -0.1) is 0 Å². The molecule has 2 heterocycles. The zero-order valence-corrected chi connectivity index (χ0v) is 12.0. The van der Waals surface area contributed by atoms with Gasteiger partial charge in [-0.3, -0.25) is 4.68 Å². The van der Waals surface area contributed by atoms with Crippen LogP contribution in [0.25, 0.3) is 11.0 Å². The van der Waals surface area contributed by atoms with E-state index in [1.54, 1.807) is 17.9 Å². The number of carboxylic acid groups (broad SMARTS) is 1. The van der Waals surface area contributed by atoms with Crippen molar-refractivity contribution in [2.45, 2.75) is 25.7 Å². The summed E-state index contributed by atoms with van der Waals surface area (Å²) in [7, 11) is 1.79. The molecule has 3 rings (SSSR count). The number of carboxylic acids is 1. The van der Waals surface area contributed by atoms with Gasteiger partial charge in [-0.1, -0.05) is 11.6 Å². The molecule has 2 aromatic heterocycles. The summed E-state index contributed by atoms with van der Waals surface area (Å²) in [5.41, 5.74) is 2.94. The van der Waals surface area contributed by atoms with Crippen LogP contribution in [-0.4, -0.2) is 32.4 Å². The molecule has 2 aromatic rings. The standard InChI is InChI=1S/C15H18N4O2/c1-19-14-11(9-18-19)13(12(8-17-14)15(20)21)16-7-6-10-4-2-3-5-10/h4,8-9H,2-3,5-7H2,1H3,(H,16,17)(H,20,21). The molecule has 0 amide bonds. The van der Waals surface area contributed by atoms with Gasteiger partial charge in [0.05, 0.1) is 17.3 Å². The quantitative estimate of drug-likeness (QED) is 0.826. The molecule has 0 fully saturated rings. The van der Waals surface area contributed by atoms with Crippen molar-refractivity contribution in [2.24, 2.45) is 7.05 Å². The molecule has 0 aliphatic heterocycles. The Kier molecular flexibility index (Phi) is 3.60. The maximum atomic E-state index is 11.4. The second kappa shape index (κ2) is 5.55. The van der Waals surface area contributed by atoms with Crippen LogP contribution in [0.5, 0.6) is 0 Å². The molecule has 6 heteroatoms. The molecule has 0 aromatic carbocycles. The van der Waals surface area contributed by atoms with Crippen LogP contribution in [0.3, 0.4) is 0 Å². The molecular weight excluding hydrogens is 268 g/mol. The molecule has 1 aliphatic carbocycles. The summed E-state index contributed by atoms with van der Waals surface area (Å²) in [5.74, 6) is -0.976. The Bertz CT molecular complexity index is 718.